The number of allylic oxidation sites excluding steroid dienone is 5. The van der Waals surface area contributed by atoms with Crippen LogP contribution in [0.3, 0.4) is 0 Å². The Morgan fingerprint density at radius 1 is 0.492 bits per heavy atom. The first-order chi connectivity index (χ1) is 32.1. The predicted molar refractivity (Wildman–Crippen MR) is 272 cm³/mol. The standard InChI is InChI=1S/C62H41N3/c1-3-4-17-43-39(2)62(53-36-40(30-33-44(43)53)63-56-24-11-5-18-47(56)48-19-6-12-25-57(48)63)54-37-41(64-58-26-13-7-20-49(58)50-21-8-14-27-59(50)64)31-34-45(54)46-35-32-42(38-55(46)62)65-60-28-15-9-22-51(60)52-23-10-16-29-61(52)65/h1,4-9,11-22,24-38H,10,23H2,2H3/b17-4-. The summed E-state index contributed by atoms with van der Waals surface area (Å²) in [5.41, 5.74) is 21.5. The molecule has 0 amide bonds. The SMILES string of the molecule is C#C/C=C\C1=C(C)C2(c3cc(-n4c5ccccc5c5ccccc54)ccc31)c1cc(-n3c4c(c5ccccc53)CCC=C4)ccc1-c1ccc(-n3c4ccccc4c4ccccc43)cc12. The molecule has 1 spiro atoms. The molecule has 3 heteroatoms. The molecule has 0 saturated carbocycles. The summed E-state index contributed by atoms with van der Waals surface area (Å²) in [6.45, 7) is 2.35. The van der Waals surface area contributed by atoms with Crippen molar-refractivity contribution in [2.45, 2.75) is 25.2 Å². The highest BCUT2D eigenvalue weighted by molar-refractivity contribution is 6.11. The number of rotatable bonds is 4. The molecule has 11 aromatic rings. The summed E-state index contributed by atoms with van der Waals surface area (Å²) in [4.78, 5) is 0. The van der Waals surface area contributed by atoms with Gasteiger partial charge in [-0.05, 0) is 155 Å². The molecule has 1 atom stereocenters. The molecule has 0 fully saturated rings. The number of aryl methyl sites for hydroxylation is 1. The molecule has 3 nitrogen and oxygen atoms in total. The monoisotopic (exact) mass is 827 g/mol. The van der Waals surface area contributed by atoms with Gasteiger partial charge in [-0.15, -0.1) is 6.42 Å². The largest absolute Gasteiger partial charge is 0.310 e. The van der Waals surface area contributed by atoms with E-state index in [0.717, 1.165) is 24.2 Å². The van der Waals surface area contributed by atoms with Crippen LogP contribution in [0.5, 0.6) is 0 Å². The maximum absolute atomic E-state index is 6.03. The highest BCUT2D eigenvalue weighted by atomic mass is 15.0. The van der Waals surface area contributed by atoms with Gasteiger partial charge in [-0.3, -0.25) is 0 Å². The molecule has 0 saturated heterocycles. The van der Waals surface area contributed by atoms with Crippen LogP contribution in [0.15, 0.2) is 200 Å². The zero-order chi connectivity index (χ0) is 43.0. The summed E-state index contributed by atoms with van der Waals surface area (Å²) >= 11 is 0. The first kappa shape index (κ1) is 36.2. The molecule has 8 aromatic carbocycles. The van der Waals surface area contributed by atoms with Gasteiger partial charge in [0.25, 0.3) is 0 Å². The molecule has 1 unspecified atom stereocenters. The van der Waals surface area contributed by atoms with Gasteiger partial charge >= 0.3 is 0 Å². The van der Waals surface area contributed by atoms with Crippen molar-refractivity contribution in [3.63, 3.8) is 0 Å². The number of nitrogens with zero attached hydrogens (tertiary/aromatic N) is 3. The molecule has 0 aliphatic heterocycles. The van der Waals surface area contributed by atoms with E-state index in [-0.39, 0.29) is 0 Å². The Hall–Kier alpha value is -8.32. The average molecular weight is 828 g/mol. The van der Waals surface area contributed by atoms with Gasteiger partial charge in [0, 0.05) is 49.7 Å². The number of fused-ring (bicyclic) bond motifs is 16. The third-order valence-electron chi connectivity index (χ3n) is 14.9. The normalized spacial score (nSPS) is 16.1. The maximum atomic E-state index is 6.03. The summed E-state index contributed by atoms with van der Waals surface area (Å²) in [7, 11) is 0. The molecule has 3 heterocycles. The lowest BCUT2D eigenvalue weighted by Gasteiger charge is -2.32. The number of benzene rings is 8. The molecule has 304 valence electrons. The van der Waals surface area contributed by atoms with Crippen molar-refractivity contribution in [2.24, 2.45) is 0 Å². The lowest BCUT2D eigenvalue weighted by molar-refractivity contribution is 0.763. The van der Waals surface area contributed by atoms with Gasteiger partial charge in [-0.1, -0.05) is 121 Å². The molecular weight excluding hydrogens is 787 g/mol. The quantitative estimate of drug-likeness (QED) is 0.157. The Balaban J connectivity index is 1.11. The van der Waals surface area contributed by atoms with Crippen LogP contribution in [0.4, 0.5) is 0 Å². The first-order valence-corrected chi connectivity index (χ1v) is 22.7. The van der Waals surface area contributed by atoms with Crippen molar-refractivity contribution in [2.75, 3.05) is 0 Å². The van der Waals surface area contributed by atoms with Crippen LogP contribution in [-0.4, -0.2) is 13.7 Å². The minimum absolute atomic E-state index is 0.646. The fourth-order valence-corrected chi connectivity index (χ4v) is 12.3. The molecule has 3 aromatic heterocycles. The fourth-order valence-electron chi connectivity index (χ4n) is 12.3. The molecule has 0 N–H and O–H groups in total. The van der Waals surface area contributed by atoms with Crippen LogP contribution in [0.25, 0.3) is 94.4 Å². The number of hydrogen-bond acceptors (Lipinski definition) is 0. The van der Waals surface area contributed by atoms with Gasteiger partial charge in [0.05, 0.1) is 33.0 Å². The molecule has 0 bridgehead atoms. The molecule has 14 rings (SSSR count). The second-order valence-electron chi connectivity index (χ2n) is 17.9. The zero-order valence-corrected chi connectivity index (χ0v) is 35.9. The molecule has 3 aliphatic rings. The molecule has 65 heavy (non-hydrogen) atoms. The highest BCUT2D eigenvalue weighted by Gasteiger charge is 2.52. The van der Waals surface area contributed by atoms with E-state index in [9.17, 15) is 0 Å². The minimum Gasteiger partial charge on any atom is -0.310 e. The summed E-state index contributed by atoms with van der Waals surface area (Å²) in [5, 5.41) is 6.34. The average Bonchev–Trinajstić information content (AvgIpc) is 4.12. The van der Waals surface area contributed by atoms with E-state index in [0.29, 0.717) is 0 Å². The second-order valence-corrected chi connectivity index (χ2v) is 17.9. The number of terminal acetylenes is 1. The Labute approximate surface area is 377 Å². The topological polar surface area (TPSA) is 14.8 Å². The lowest BCUT2D eigenvalue weighted by Crippen LogP contribution is -2.27. The van der Waals surface area contributed by atoms with Crippen molar-refractivity contribution >= 4 is 66.2 Å². The van der Waals surface area contributed by atoms with Gasteiger partial charge < -0.3 is 13.7 Å². The smallest absolute Gasteiger partial charge is 0.0688 e. The van der Waals surface area contributed by atoms with Gasteiger partial charge in [0.15, 0.2) is 0 Å². The van der Waals surface area contributed by atoms with E-state index in [1.807, 2.05) is 6.08 Å². The number of hydrogen-bond donors (Lipinski definition) is 0. The van der Waals surface area contributed by atoms with Gasteiger partial charge in [0.2, 0.25) is 0 Å². The zero-order valence-electron chi connectivity index (χ0n) is 35.9. The number of aromatic nitrogens is 3. The molecular formula is C62H41N3. The van der Waals surface area contributed by atoms with E-state index in [4.69, 9.17) is 6.42 Å². The van der Waals surface area contributed by atoms with Crippen LogP contribution in [0.1, 0.15) is 46.9 Å². The Morgan fingerprint density at radius 2 is 0.908 bits per heavy atom. The number of para-hydroxylation sites is 5. The van der Waals surface area contributed by atoms with E-state index in [1.54, 1.807) is 0 Å². The van der Waals surface area contributed by atoms with Crippen molar-refractivity contribution in [1.29, 1.82) is 0 Å². The predicted octanol–water partition coefficient (Wildman–Crippen LogP) is 15.1. The van der Waals surface area contributed by atoms with Gasteiger partial charge in [0.1, 0.15) is 0 Å². The van der Waals surface area contributed by atoms with Gasteiger partial charge in [-0.2, -0.15) is 0 Å². The van der Waals surface area contributed by atoms with E-state index < -0.39 is 5.41 Å². The van der Waals surface area contributed by atoms with Crippen molar-refractivity contribution < 1.29 is 0 Å². The lowest BCUT2D eigenvalue weighted by atomic mass is 9.70. The van der Waals surface area contributed by atoms with Crippen LogP contribution in [0.2, 0.25) is 0 Å². The molecule has 0 radical (unpaired) electrons. The van der Waals surface area contributed by atoms with Crippen molar-refractivity contribution in [1.82, 2.24) is 13.7 Å². The Morgan fingerprint density at radius 3 is 1.40 bits per heavy atom. The van der Waals surface area contributed by atoms with Crippen molar-refractivity contribution in [3.8, 4) is 40.5 Å². The summed E-state index contributed by atoms with van der Waals surface area (Å²) in [5.74, 6) is 2.84. The van der Waals surface area contributed by atoms with E-state index in [1.165, 1.54) is 116 Å². The Kier molecular flexibility index (Phi) is 7.43. The van der Waals surface area contributed by atoms with Crippen molar-refractivity contribution in [3.05, 3.63) is 233 Å². The van der Waals surface area contributed by atoms with Crippen LogP contribution in [-0.2, 0) is 11.8 Å². The van der Waals surface area contributed by atoms with Crippen LogP contribution in [0, 0.1) is 12.3 Å². The highest BCUT2D eigenvalue weighted by Crippen LogP contribution is 2.63. The first-order valence-electron chi connectivity index (χ1n) is 22.7. The third kappa shape index (κ3) is 4.70. The minimum atomic E-state index is -0.646. The maximum Gasteiger partial charge on any atom is 0.0688 e. The van der Waals surface area contributed by atoms with Crippen LogP contribution >= 0.6 is 0 Å². The van der Waals surface area contributed by atoms with E-state index >= 15 is 0 Å². The molecule has 3 aliphatic carbocycles. The second kappa shape index (κ2) is 13.3. The fraction of sp³-hybridized carbons (Fsp3) is 0.0645. The summed E-state index contributed by atoms with van der Waals surface area (Å²) in [6, 6.07) is 65.8. The van der Waals surface area contributed by atoms with E-state index in [2.05, 4.69) is 221 Å². The summed E-state index contributed by atoms with van der Waals surface area (Å²) < 4.78 is 7.42. The summed E-state index contributed by atoms with van der Waals surface area (Å²) in [6.07, 6.45) is 16.8. The third-order valence-corrected chi connectivity index (χ3v) is 14.9. The Bertz CT molecular complexity index is 3930. The van der Waals surface area contributed by atoms with Gasteiger partial charge in [-0.25, -0.2) is 0 Å². The van der Waals surface area contributed by atoms with Crippen LogP contribution < -0.4 is 0 Å².